The van der Waals surface area contributed by atoms with E-state index in [1.807, 2.05) is 0 Å². The summed E-state index contributed by atoms with van der Waals surface area (Å²) in [6.45, 7) is 2.07. The summed E-state index contributed by atoms with van der Waals surface area (Å²) in [6.07, 6.45) is 0.532. The Hall–Kier alpha value is -2.45. The summed E-state index contributed by atoms with van der Waals surface area (Å²) >= 11 is 0. The number of carboxylic acid groups (broad SMARTS) is 1. The van der Waals surface area contributed by atoms with E-state index in [0.717, 1.165) is 0 Å². The fraction of sp³-hybridized carbons (Fsp3) is 0.500. The highest BCUT2D eigenvalue weighted by Gasteiger charge is 2.47. The first-order valence-electron chi connectivity index (χ1n) is 8.44. The van der Waals surface area contributed by atoms with Crippen LogP contribution in [0.25, 0.3) is 0 Å². The molecule has 1 aliphatic rings. The van der Waals surface area contributed by atoms with Crippen LogP contribution in [-0.4, -0.2) is 51.9 Å². The van der Waals surface area contributed by atoms with Gasteiger partial charge < -0.3 is 20.6 Å². The normalized spacial score (nSPS) is 18.5. The predicted molar refractivity (Wildman–Crippen MR) is 94.7 cm³/mol. The van der Waals surface area contributed by atoms with Crippen LogP contribution in [0.2, 0.25) is 0 Å². The van der Waals surface area contributed by atoms with Crippen molar-refractivity contribution in [3.63, 3.8) is 0 Å². The highest BCUT2D eigenvalue weighted by molar-refractivity contribution is 6.10. The number of rotatable bonds is 7. The van der Waals surface area contributed by atoms with Crippen molar-refractivity contribution in [2.24, 2.45) is 5.41 Å². The summed E-state index contributed by atoms with van der Waals surface area (Å²) in [7, 11) is 0. The molecule has 0 bridgehead atoms. The molecule has 0 radical (unpaired) electrons. The number of carbonyl (C=O) groups excluding carboxylic acids is 2. The summed E-state index contributed by atoms with van der Waals surface area (Å²) < 4.78 is 0. The minimum Gasteiger partial charge on any atom is -0.480 e. The summed E-state index contributed by atoms with van der Waals surface area (Å²) in [5.41, 5.74) is -2.21. The Morgan fingerprint density at radius 1 is 1.27 bits per heavy atom. The highest BCUT2D eigenvalue weighted by atomic mass is 16.4. The molecule has 4 N–H and O–H groups in total. The van der Waals surface area contributed by atoms with Crippen LogP contribution in [-0.2, 0) is 14.4 Å². The number of amides is 2. The van der Waals surface area contributed by atoms with Gasteiger partial charge in [0.05, 0.1) is 30.1 Å². The lowest BCUT2D eigenvalue weighted by Crippen LogP contribution is -2.52. The highest BCUT2D eigenvalue weighted by Crippen LogP contribution is 2.39. The van der Waals surface area contributed by atoms with E-state index in [2.05, 4.69) is 5.32 Å². The maximum Gasteiger partial charge on any atom is 0.318 e. The summed E-state index contributed by atoms with van der Waals surface area (Å²) in [6, 6.07) is 6.44. The Labute approximate surface area is 151 Å². The summed E-state index contributed by atoms with van der Waals surface area (Å²) in [5.74, 6) is -2.23. The van der Waals surface area contributed by atoms with E-state index in [1.165, 1.54) is 11.8 Å². The van der Waals surface area contributed by atoms with Crippen LogP contribution in [0.5, 0.6) is 0 Å². The average molecular weight is 364 g/mol. The lowest BCUT2D eigenvalue weighted by atomic mass is 9.86. The van der Waals surface area contributed by atoms with E-state index in [0.29, 0.717) is 5.69 Å². The van der Waals surface area contributed by atoms with Gasteiger partial charge in [0.1, 0.15) is 5.41 Å². The van der Waals surface area contributed by atoms with E-state index in [1.54, 1.807) is 31.2 Å². The van der Waals surface area contributed by atoms with Gasteiger partial charge in [-0.1, -0.05) is 19.1 Å². The molecule has 0 saturated carbocycles. The number of nitrogens with one attached hydrogen (secondary N) is 1. The molecular formula is C18H24N2O6. The molecule has 0 aromatic heterocycles. The van der Waals surface area contributed by atoms with E-state index in [9.17, 15) is 29.7 Å². The van der Waals surface area contributed by atoms with Gasteiger partial charge in [-0.15, -0.1) is 0 Å². The zero-order chi connectivity index (χ0) is 19.5. The van der Waals surface area contributed by atoms with Gasteiger partial charge in [0.25, 0.3) is 0 Å². The minimum atomic E-state index is -1.62. The van der Waals surface area contributed by atoms with Gasteiger partial charge in [-0.05, 0) is 31.9 Å². The third kappa shape index (κ3) is 3.17. The first kappa shape index (κ1) is 19.9. The van der Waals surface area contributed by atoms with Gasteiger partial charge in [-0.25, -0.2) is 0 Å². The van der Waals surface area contributed by atoms with Crippen LogP contribution in [0.4, 0.5) is 11.4 Å². The SMILES string of the molecule is CCC(C)(C(=O)O)C(=O)Nc1ccccc1N1C(=O)CCC1(CO)CO. The van der Waals surface area contributed by atoms with Crippen molar-refractivity contribution in [3.8, 4) is 0 Å². The standard InChI is InChI=1S/C18H24N2O6/c1-3-17(2,16(25)26)15(24)19-12-6-4-5-7-13(12)20-14(23)8-9-18(20,10-21)11-22/h4-7,21-22H,3,8-11H2,1-2H3,(H,19,24)(H,25,26). The van der Waals surface area contributed by atoms with Crippen LogP contribution in [0.1, 0.15) is 33.1 Å². The summed E-state index contributed by atoms with van der Waals surface area (Å²) in [5, 5.41) is 31.5. The second kappa shape index (κ2) is 7.43. The van der Waals surface area contributed by atoms with E-state index in [-0.39, 0.29) is 30.9 Å². The first-order chi connectivity index (χ1) is 12.3. The number of carboxylic acids is 1. The molecule has 2 rings (SSSR count). The van der Waals surface area contributed by atoms with Gasteiger partial charge in [0.15, 0.2) is 0 Å². The smallest absolute Gasteiger partial charge is 0.318 e. The third-order valence-electron chi connectivity index (χ3n) is 5.19. The summed E-state index contributed by atoms with van der Waals surface area (Å²) in [4.78, 5) is 37.7. The molecule has 8 heteroatoms. The van der Waals surface area contributed by atoms with Crippen LogP contribution in [0.3, 0.4) is 0 Å². The van der Waals surface area contributed by atoms with Crippen molar-refractivity contribution in [2.45, 2.75) is 38.6 Å². The molecule has 26 heavy (non-hydrogen) atoms. The molecule has 1 saturated heterocycles. The third-order valence-corrected chi connectivity index (χ3v) is 5.19. The Morgan fingerprint density at radius 3 is 2.42 bits per heavy atom. The molecule has 1 aromatic rings. The maximum atomic E-state index is 12.6. The van der Waals surface area contributed by atoms with Crippen molar-refractivity contribution in [3.05, 3.63) is 24.3 Å². The van der Waals surface area contributed by atoms with Crippen LogP contribution < -0.4 is 10.2 Å². The number of hydrogen-bond acceptors (Lipinski definition) is 5. The largest absolute Gasteiger partial charge is 0.480 e. The molecule has 1 unspecified atom stereocenters. The Balaban J connectivity index is 2.44. The van der Waals surface area contributed by atoms with Crippen LogP contribution >= 0.6 is 0 Å². The van der Waals surface area contributed by atoms with E-state index in [4.69, 9.17) is 0 Å². The molecule has 2 amide bonds. The van der Waals surface area contributed by atoms with Crippen molar-refractivity contribution < 1.29 is 29.7 Å². The van der Waals surface area contributed by atoms with Gasteiger partial charge in [0.2, 0.25) is 11.8 Å². The molecular weight excluding hydrogens is 340 g/mol. The topological polar surface area (TPSA) is 127 Å². The number of para-hydroxylation sites is 2. The molecule has 0 aliphatic carbocycles. The Morgan fingerprint density at radius 2 is 1.88 bits per heavy atom. The van der Waals surface area contributed by atoms with Crippen molar-refractivity contribution in [1.29, 1.82) is 0 Å². The van der Waals surface area contributed by atoms with Gasteiger partial charge >= 0.3 is 5.97 Å². The lowest BCUT2D eigenvalue weighted by molar-refractivity contribution is -0.153. The maximum absolute atomic E-state index is 12.6. The van der Waals surface area contributed by atoms with Gasteiger partial charge in [-0.2, -0.15) is 0 Å². The quantitative estimate of drug-likeness (QED) is 0.534. The molecule has 142 valence electrons. The number of aliphatic hydroxyl groups is 2. The molecule has 1 aliphatic heterocycles. The molecule has 1 heterocycles. The van der Waals surface area contributed by atoms with Crippen molar-refractivity contribution in [1.82, 2.24) is 0 Å². The molecule has 1 atom stereocenters. The number of aliphatic carboxylic acids is 1. The molecule has 8 nitrogen and oxygen atoms in total. The Bertz CT molecular complexity index is 715. The first-order valence-corrected chi connectivity index (χ1v) is 8.44. The number of anilines is 2. The monoisotopic (exact) mass is 364 g/mol. The Kier molecular flexibility index (Phi) is 5.68. The van der Waals surface area contributed by atoms with E-state index < -0.39 is 36.0 Å². The average Bonchev–Trinajstić information content (AvgIpc) is 2.98. The van der Waals surface area contributed by atoms with Gasteiger partial charge in [-0.3, -0.25) is 19.3 Å². The van der Waals surface area contributed by atoms with Crippen molar-refractivity contribution >= 4 is 29.2 Å². The lowest BCUT2D eigenvalue weighted by Gasteiger charge is -2.36. The number of carbonyl (C=O) groups is 3. The number of hydrogen-bond donors (Lipinski definition) is 4. The number of nitrogens with zero attached hydrogens (tertiary/aromatic N) is 1. The second-order valence-corrected chi connectivity index (χ2v) is 6.73. The van der Waals surface area contributed by atoms with Crippen molar-refractivity contribution in [2.75, 3.05) is 23.4 Å². The van der Waals surface area contributed by atoms with Crippen LogP contribution in [0, 0.1) is 5.41 Å². The zero-order valence-electron chi connectivity index (χ0n) is 14.9. The molecule has 0 spiro atoms. The predicted octanol–water partition coefficient (Wildman–Crippen LogP) is 0.976. The number of aliphatic hydroxyl groups excluding tert-OH is 2. The zero-order valence-corrected chi connectivity index (χ0v) is 14.9. The fourth-order valence-electron chi connectivity index (χ4n) is 3.01. The van der Waals surface area contributed by atoms with Crippen LogP contribution in [0.15, 0.2) is 24.3 Å². The molecule has 1 aromatic carbocycles. The van der Waals surface area contributed by atoms with Gasteiger partial charge in [0, 0.05) is 6.42 Å². The van der Waals surface area contributed by atoms with E-state index >= 15 is 0 Å². The molecule has 1 fully saturated rings. The minimum absolute atomic E-state index is 0.0934. The fourth-order valence-corrected chi connectivity index (χ4v) is 3.01. The number of benzene rings is 1. The second-order valence-electron chi connectivity index (χ2n) is 6.73.